The summed E-state index contributed by atoms with van der Waals surface area (Å²) in [6, 6.07) is 5.93. The SMILES string of the molecule is C=CCOC(=O)[C@H]1O[C@@H](OC(=O)C(C)(C)CCCOc2cc(C)ccc2C)[C@H](O)[C@@H](O)[C@@H]1O. The van der Waals surface area contributed by atoms with Crippen LogP contribution in [0.5, 0.6) is 5.75 Å². The molecule has 0 unspecified atom stereocenters. The molecule has 1 aliphatic rings. The van der Waals surface area contributed by atoms with Gasteiger partial charge >= 0.3 is 11.9 Å². The second-order valence-corrected chi connectivity index (χ2v) is 8.83. The summed E-state index contributed by atoms with van der Waals surface area (Å²) in [5, 5.41) is 30.3. The van der Waals surface area contributed by atoms with E-state index in [0.29, 0.717) is 19.4 Å². The van der Waals surface area contributed by atoms with E-state index in [1.807, 2.05) is 32.0 Å². The van der Waals surface area contributed by atoms with Gasteiger partial charge < -0.3 is 34.3 Å². The zero-order valence-corrected chi connectivity index (χ0v) is 19.5. The summed E-state index contributed by atoms with van der Waals surface area (Å²) < 4.78 is 21.2. The summed E-state index contributed by atoms with van der Waals surface area (Å²) >= 11 is 0. The molecule has 0 amide bonds. The number of hydrogen-bond donors (Lipinski definition) is 3. The Morgan fingerprint density at radius 2 is 1.85 bits per heavy atom. The monoisotopic (exact) mass is 466 g/mol. The number of aliphatic hydroxyl groups excluding tert-OH is 3. The van der Waals surface area contributed by atoms with Crippen LogP contribution < -0.4 is 4.74 Å². The van der Waals surface area contributed by atoms with Crippen LogP contribution in [0.1, 0.15) is 37.8 Å². The van der Waals surface area contributed by atoms with Crippen LogP contribution in [-0.4, -0.2) is 71.2 Å². The molecule has 9 nitrogen and oxygen atoms in total. The second kappa shape index (κ2) is 11.6. The Labute approximate surface area is 193 Å². The lowest BCUT2D eigenvalue weighted by Crippen LogP contribution is -2.61. The number of esters is 2. The van der Waals surface area contributed by atoms with E-state index in [2.05, 4.69) is 6.58 Å². The number of rotatable bonds is 10. The highest BCUT2D eigenvalue weighted by atomic mass is 16.7. The van der Waals surface area contributed by atoms with Crippen molar-refractivity contribution in [2.24, 2.45) is 5.41 Å². The maximum Gasteiger partial charge on any atom is 0.338 e. The van der Waals surface area contributed by atoms with Gasteiger partial charge in [0.25, 0.3) is 0 Å². The molecule has 0 aromatic heterocycles. The van der Waals surface area contributed by atoms with E-state index < -0.39 is 48.1 Å². The number of benzene rings is 1. The Bertz CT molecular complexity index is 835. The maximum absolute atomic E-state index is 12.8. The highest BCUT2D eigenvalue weighted by Crippen LogP contribution is 2.29. The average molecular weight is 467 g/mol. The third kappa shape index (κ3) is 7.01. The summed E-state index contributed by atoms with van der Waals surface area (Å²) in [6.45, 7) is 10.9. The second-order valence-electron chi connectivity index (χ2n) is 8.83. The van der Waals surface area contributed by atoms with Crippen LogP contribution >= 0.6 is 0 Å². The van der Waals surface area contributed by atoms with Crippen molar-refractivity contribution >= 4 is 11.9 Å². The van der Waals surface area contributed by atoms with Crippen LogP contribution in [0.3, 0.4) is 0 Å². The van der Waals surface area contributed by atoms with Crippen molar-refractivity contribution in [1.82, 2.24) is 0 Å². The van der Waals surface area contributed by atoms with Crippen molar-refractivity contribution in [3.63, 3.8) is 0 Å². The molecule has 184 valence electrons. The number of carbonyl (C=O) groups excluding carboxylic acids is 2. The fraction of sp³-hybridized carbons (Fsp3) is 0.583. The molecule has 9 heteroatoms. The van der Waals surface area contributed by atoms with Crippen LogP contribution in [0.2, 0.25) is 0 Å². The lowest BCUT2D eigenvalue weighted by atomic mass is 9.88. The molecule has 0 bridgehead atoms. The van der Waals surface area contributed by atoms with Gasteiger partial charge in [-0.15, -0.1) is 0 Å². The van der Waals surface area contributed by atoms with Crippen LogP contribution in [0.25, 0.3) is 0 Å². The highest BCUT2D eigenvalue weighted by molar-refractivity contribution is 5.77. The Morgan fingerprint density at radius 3 is 2.52 bits per heavy atom. The van der Waals surface area contributed by atoms with Crippen LogP contribution in [0.15, 0.2) is 30.9 Å². The van der Waals surface area contributed by atoms with Crippen molar-refractivity contribution in [2.75, 3.05) is 13.2 Å². The quantitative estimate of drug-likeness (QED) is 0.267. The van der Waals surface area contributed by atoms with Crippen molar-refractivity contribution in [3.8, 4) is 5.75 Å². The van der Waals surface area contributed by atoms with Crippen molar-refractivity contribution in [1.29, 1.82) is 0 Å². The topological polar surface area (TPSA) is 132 Å². The predicted molar refractivity (Wildman–Crippen MR) is 118 cm³/mol. The number of hydrogen-bond acceptors (Lipinski definition) is 9. The average Bonchev–Trinajstić information content (AvgIpc) is 2.77. The van der Waals surface area contributed by atoms with Crippen LogP contribution in [-0.2, 0) is 23.8 Å². The predicted octanol–water partition coefficient (Wildman–Crippen LogP) is 1.57. The van der Waals surface area contributed by atoms with Crippen molar-refractivity contribution in [3.05, 3.63) is 42.0 Å². The van der Waals surface area contributed by atoms with Gasteiger partial charge in [-0.2, -0.15) is 0 Å². The molecule has 33 heavy (non-hydrogen) atoms. The third-order valence-corrected chi connectivity index (χ3v) is 5.47. The van der Waals surface area contributed by atoms with E-state index in [1.165, 1.54) is 6.08 Å². The van der Waals surface area contributed by atoms with Gasteiger partial charge in [0.2, 0.25) is 6.29 Å². The molecule has 0 spiro atoms. The van der Waals surface area contributed by atoms with Crippen molar-refractivity contribution in [2.45, 2.75) is 71.2 Å². The van der Waals surface area contributed by atoms with Gasteiger partial charge in [0, 0.05) is 0 Å². The molecule has 1 aromatic rings. The first-order valence-corrected chi connectivity index (χ1v) is 10.9. The molecule has 3 N–H and O–H groups in total. The fourth-order valence-corrected chi connectivity index (χ4v) is 3.29. The molecule has 1 aromatic carbocycles. The number of aryl methyl sites for hydroxylation is 2. The fourth-order valence-electron chi connectivity index (χ4n) is 3.29. The smallest absolute Gasteiger partial charge is 0.338 e. The Balaban J connectivity index is 1.93. The molecule has 0 aliphatic carbocycles. The molecule has 5 atom stereocenters. The van der Waals surface area contributed by atoms with Gasteiger partial charge in [-0.25, -0.2) is 4.79 Å². The number of ether oxygens (including phenoxy) is 4. The molecule has 0 radical (unpaired) electrons. The molecule has 0 saturated carbocycles. The normalized spacial score (nSPS) is 25.2. The Morgan fingerprint density at radius 1 is 1.15 bits per heavy atom. The Hall–Kier alpha value is -2.46. The van der Waals surface area contributed by atoms with Crippen LogP contribution in [0.4, 0.5) is 0 Å². The van der Waals surface area contributed by atoms with Gasteiger partial charge in [-0.3, -0.25) is 4.79 Å². The van der Waals surface area contributed by atoms with E-state index in [1.54, 1.807) is 13.8 Å². The van der Waals surface area contributed by atoms with Crippen molar-refractivity contribution < 1.29 is 43.9 Å². The van der Waals surface area contributed by atoms with Gasteiger partial charge in [0.05, 0.1) is 12.0 Å². The van der Waals surface area contributed by atoms with Gasteiger partial charge in [-0.1, -0.05) is 24.8 Å². The first-order valence-electron chi connectivity index (χ1n) is 10.9. The zero-order chi connectivity index (χ0) is 24.8. The summed E-state index contributed by atoms with van der Waals surface area (Å²) in [6.07, 6.45) is -6.25. The molecular formula is C24H34O9. The van der Waals surface area contributed by atoms with E-state index >= 15 is 0 Å². The van der Waals surface area contributed by atoms with E-state index in [9.17, 15) is 24.9 Å². The molecule has 1 fully saturated rings. The van der Waals surface area contributed by atoms with Gasteiger partial charge in [0.1, 0.15) is 30.7 Å². The molecule has 1 saturated heterocycles. The first kappa shape index (κ1) is 26.8. The van der Waals surface area contributed by atoms with E-state index in [4.69, 9.17) is 18.9 Å². The van der Waals surface area contributed by atoms with Gasteiger partial charge in [0.15, 0.2) is 6.10 Å². The van der Waals surface area contributed by atoms with Crippen LogP contribution in [0, 0.1) is 19.3 Å². The molecule has 2 rings (SSSR count). The summed E-state index contributed by atoms with van der Waals surface area (Å²) in [4.78, 5) is 24.8. The summed E-state index contributed by atoms with van der Waals surface area (Å²) in [5.74, 6) is -0.881. The van der Waals surface area contributed by atoms with E-state index in [-0.39, 0.29) is 6.61 Å². The number of aliphatic hydroxyl groups is 3. The maximum atomic E-state index is 12.8. The molecular weight excluding hydrogens is 432 g/mol. The first-order chi connectivity index (χ1) is 15.5. The largest absolute Gasteiger partial charge is 0.493 e. The Kier molecular flexibility index (Phi) is 9.42. The molecule has 1 heterocycles. The van der Waals surface area contributed by atoms with Gasteiger partial charge in [-0.05, 0) is 57.7 Å². The minimum Gasteiger partial charge on any atom is -0.493 e. The standard InChI is InChI=1S/C24H34O9/c1-6-11-31-21(28)20-18(26)17(25)19(27)22(32-20)33-23(29)24(4,5)10-7-12-30-16-13-14(2)8-9-15(16)3/h6,8-9,13,17-20,22,25-27H,1,7,10-12H2,2-5H3/t17-,18-,19+,20-,22-/m0/s1. The summed E-state index contributed by atoms with van der Waals surface area (Å²) in [5.41, 5.74) is 1.14. The zero-order valence-electron chi connectivity index (χ0n) is 19.5. The number of carbonyl (C=O) groups is 2. The minimum atomic E-state index is -1.77. The lowest BCUT2D eigenvalue weighted by Gasteiger charge is -2.39. The summed E-state index contributed by atoms with van der Waals surface area (Å²) in [7, 11) is 0. The molecule has 1 aliphatic heterocycles. The minimum absolute atomic E-state index is 0.133. The highest BCUT2D eigenvalue weighted by Gasteiger charge is 2.49. The third-order valence-electron chi connectivity index (χ3n) is 5.47. The van der Waals surface area contributed by atoms with E-state index in [0.717, 1.165) is 16.9 Å². The lowest BCUT2D eigenvalue weighted by molar-refractivity contribution is -0.289.